The van der Waals surface area contributed by atoms with Crippen LogP contribution in [0.5, 0.6) is 0 Å². The molecule has 2 atom stereocenters. The summed E-state index contributed by atoms with van der Waals surface area (Å²) in [4.78, 5) is 31.9. The molecule has 0 unspecified atom stereocenters. The molecule has 2 heterocycles. The molecule has 0 spiro atoms. The van der Waals surface area contributed by atoms with Crippen LogP contribution in [0.2, 0.25) is 0 Å². The van der Waals surface area contributed by atoms with E-state index in [-0.39, 0.29) is 23.7 Å². The fraction of sp³-hybridized carbons (Fsp3) is 0.417. The van der Waals surface area contributed by atoms with Crippen LogP contribution in [0.3, 0.4) is 0 Å². The van der Waals surface area contributed by atoms with Crippen LogP contribution in [-0.2, 0) is 23.1 Å². The molecular weight excluding hydrogens is 392 g/mol. The number of para-hydroxylation sites is 1. The number of ether oxygens (including phenoxy) is 1. The van der Waals surface area contributed by atoms with Crippen molar-refractivity contribution in [2.75, 3.05) is 13.2 Å². The normalized spacial score (nSPS) is 17.5. The number of hydrogen-bond acceptors (Lipinski definition) is 5. The van der Waals surface area contributed by atoms with Crippen LogP contribution < -0.4 is 0 Å². The predicted molar refractivity (Wildman–Crippen MR) is 117 cm³/mol. The van der Waals surface area contributed by atoms with Crippen LogP contribution in [0.15, 0.2) is 36.5 Å². The minimum atomic E-state index is -0.166. The second-order valence-corrected chi connectivity index (χ2v) is 8.23. The van der Waals surface area contributed by atoms with Crippen molar-refractivity contribution in [3.8, 4) is 0 Å². The van der Waals surface area contributed by atoms with Crippen molar-refractivity contribution in [2.24, 2.45) is 18.9 Å². The summed E-state index contributed by atoms with van der Waals surface area (Å²) >= 11 is 0. The Morgan fingerprint density at radius 1 is 1.26 bits per heavy atom. The molecule has 1 fully saturated rings. The van der Waals surface area contributed by atoms with Crippen LogP contribution >= 0.6 is 0 Å². The standard InChI is InChI=1S/C24H28N4O3/c1-5-31-24(30)20-11-19(20)13-28(14-21-15(2)26-27(4)16(21)3)23(29)18-10-17-8-6-7-9-22(17)25-12-18/h6-10,12,19-20H,5,11,13-14H2,1-4H3/t19-,20+/m1/s1. The van der Waals surface area contributed by atoms with Gasteiger partial charge in [-0.1, -0.05) is 18.2 Å². The van der Waals surface area contributed by atoms with E-state index in [1.54, 1.807) is 6.20 Å². The fourth-order valence-electron chi connectivity index (χ4n) is 4.10. The number of carbonyl (C=O) groups is 2. The summed E-state index contributed by atoms with van der Waals surface area (Å²) in [5.74, 6) is -0.258. The molecule has 7 nitrogen and oxygen atoms in total. The van der Waals surface area contributed by atoms with Gasteiger partial charge < -0.3 is 9.64 Å². The summed E-state index contributed by atoms with van der Waals surface area (Å²) in [7, 11) is 1.91. The zero-order valence-electron chi connectivity index (χ0n) is 18.5. The molecule has 162 valence electrons. The van der Waals surface area contributed by atoms with Gasteiger partial charge >= 0.3 is 5.97 Å². The quantitative estimate of drug-likeness (QED) is 0.547. The van der Waals surface area contributed by atoms with E-state index in [4.69, 9.17) is 4.74 Å². The zero-order valence-corrected chi connectivity index (χ0v) is 18.5. The van der Waals surface area contributed by atoms with Gasteiger partial charge in [0.15, 0.2) is 0 Å². The van der Waals surface area contributed by atoms with Gasteiger partial charge in [-0.05, 0) is 45.2 Å². The lowest BCUT2D eigenvalue weighted by Gasteiger charge is -2.23. The number of rotatable bonds is 7. The predicted octanol–water partition coefficient (Wildman–Crippen LogP) is 3.43. The molecule has 31 heavy (non-hydrogen) atoms. The van der Waals surface area contributed by atoms with E-state index in [1.165, 1.54) is 0 Å². The fourth-order valence-corrected chi connectivity index (χ4v) is 4.10. The molecular formula is C24H28N4O3. The number of benzene rings is 1. The molecule has 1 aliphatic rings. The van der Waals surface area contributed by atoms with Gasteiger partial charge in [0.1, 0.15) is 0 Å². The lowest BCUT2D eigenvalue weighted by molar-refractivity contribution is -0.145. The van der Waals surface area contributed by atoms with Crippen molar-refractivity contribution in [2.45, 2.75) is 33.7 Å². The average Bonchev–Trinajstić information content (AvgIpc) is 3.49. The van der Waals surface area contributed by atoms with Gasteiger partial charge in [0.05, 0.1) is 29.3 Å². The summed E-state index contributed by atoms with van der Waals surface area (Å²) in [6.45, 7) is 7.11. The summed E-state index contributed by atoms with van der Waals surface area (Å²) < 4.78 is 7.00. The molecule has 1 aliphatic carbocycles. The number of nitrogens with zero attached hydrogens (tertiary/aromatic N) is 4. The number of amides is 1. The number of pyridine rings is 1. The highest BCUT2D eigenvalue weighted by Crippen LogP contribution is 2.40. The van der Waals surface area contributed by atoms with Crippen LogP contribution in [0.25, 0.3) is 10.9 Å². The van der Waals surface area contributed by atoms with Crippen molar-refractivity contribution in [1.82, 2.24) is 19.7 Å². The van der Waals surface area contributed by atoms with E-state index in [0.717, 1.165) is 34.3 Å². The van der Waals surface area contributed by atoms with Gasteiger partial charge in [0.2, 0.25) is 0 Å². The van der Waals surface area contributed by atoms with Crippen molar-refractivity contribution in [3.63, 3.8) is 0 Å². The second-order valence-electron chi connectivity index (χ2n) is 8.23. The molecule has 0 saturated heterocycles. The molecule has 0 bridgehead atoms. The van der Waals surface area contributed by atoms with Gasteiger partial charge in [-0.3, -0.25) is 19.3 Å². The first kappa shape index (κ1) is 21.0. The minimum Gasteiger partial charge on any atom is -0.466 e. The minimum absolute atomic E-state index is 0.0876. The Kier molecular flexibility index (Phi) is 5.76. The van der Waals surface area contributed by atoms with Gasteiger partial charge in [0, 0.05) is 43.0 Å². The van der Waals surface area contributed by atoms with E-state index >= 15 is 0 Å². The number of carbonyl (C=O) groups excluding carboxylic acids is 2. The highest BCUT2D eigenvalue weighted by Gasteiger charge is 2.45. The first-order chi connectivity index (χ1) is 14.9. The number of esters is 1. The molecule has 0 radical (unpaired) electrons. The lowest BCUT2D eigenvalue weighted by Crippen LogP contribution is -2.33. The van der Waals surface area contributed by atoms with E-state index in [1.807, 2.05) is 67.7 Å². The van der Waals surface area contributed by atoms with Crippen molar-refractivity contribution >= 4 is 22.8 Å². The topological polar surface area (TPSA) is 77.3 Å². The number of aromatic nitrogens is 3. The van der Waals surface area contributed by atoms with Crippen LogP contribution in [0.1, 0.15) is 40.7 Å². The average molecular weight is 421 g/mol. The summed E-state index contributed by atoms with van der Waals surface area (Å²) in [5, 5.41) is 5.42. The van der Waals surface area contributed by atoms with Crippen LogP contribution in [0, 0.1) is 25.7 Å². The lowest BCUT2D eigenvalue weighted by atomic mass is 10.1. The summed E-state index contributed by atoms with van der Waals surface area (Å²) in [6, 6.07) is 9.64. The van der Waals surface area contributed by atoms with Gasteiger partial charge in [-0.25, -0.2) is 0 Å². The van der Waals surface area contributed by atoms with Crippen LogP contribution in [0.4, 0.5) is 0 Å². The first-order valence-corrected chi connectivity index (χ1v) is 10.7. The number of aryl methyl sites for hydroxylation is 2. The van der Waals surface area contributed by atoms with Crippen molar-refractivity contribution in [3.05, 3.63) is 59.0 Å². The number of fused-ring (bicyclic) bond motifs is 1. The summed E-state index contributed by atoms with van der Waals surface area (Å²) in [5.41, 5.74) is 4.38. The molecule has 1 amide bonds. The Labute approximate surface area is 182 Å². The SMILES string of the molecule is CCOC(=O)[C@H]1C[C@@H]1CN(Cc1c(C)nn(C)c1C)C(=O)c1cnc2ccccc2c1. The zero-order chi connectivity index (χ0) is 22.1. The van der Waals surface area contributed by atoms with Gasteiger partial charge in [-0.15, -0.1) is 0 Å². The smallest absolute Gasteiger partial charge is 0.309 e. The monoisotopic (exact) mass is 420 g/mol. The van der Waals surface area contributed by atoms with Gasteiger partial charge in [-0.2, -0.15) is 5.10 Å². The Bertz CT molecular complexity index is 1140. The van der Waals surface area contributed by atoms with Crippen LogP contribution in [-0.4, -0.2) is 44.7 Å². The Morgan fingerprint density at radius 2 is 2.03 bits per heavy atom. The largest absolute Gasteiger partial charge is 0.466 e. The molecule has 4 rings (SSSR count). The maximum Gasteiger partial charge on any atom is 0.309 e. The molecule has 1 saturated carbocycles. The molecule has 2 aromatic heterocycles. The molecule has 1 aromatic carbocycles. The van der Waals surface area contributed by atoms with E-state index in [0.29, 0.717) is 25.3 Å². The van der Waals surface area contributed by atoms with Crippen molar-refractivity contribution in [1.29, 1.82) is 0 Å². The highest BCUT2D eigenvalue weighted by molar-refractivity contribution is 5.97. The third-order valence-electron chi connectivity index (χ3n) is 6.10. The van der Waals surface area contributed by atoms with E-state index in [9.17, 15) is 9.59 Å². The highest BCUT2D eigenvalue weighted by atomic mass is 16.5. The van der Waals surface area contributed by atoms with Crippen molar-refractivity contribution < 1.29 is 14.3 Å². The first-order valence-electron chi connectivity index (χ1n) is 10.7. The second kappa shape index (κ2) is 8.49. The number of hydrogen-bond donors (Lipinski definition) is 0. The molecule has 7 heteroatoms. The Hall–Kier alpha value is -3.22. The maximum atomic E-state index is 13.5. The maximum absolute atomic E-state index is 13.5. The van der Waals surface area contributed by atoms with E-state index < -0.39 is 0 Å². The third kappa shape index (κ3) is 4.31. The third-order valence-corrected chi connectivity index (χ3v) is 6.10. The van der Waals surface area contributed by atoms with E-state index in [2.05, 4.69) is 10.1 Å². The molecule has 3 aromatic rings. The Balaban J connectivity index is 1.60. The molecule has 0 N–H and O–H groups in total. The van der Waals surface area contributed by atoms with Gasteiger partial charge in [0.25, 0.3) is 5.91 Å². The molecule has 0 aliphatic heterocycles. The summed E-state index contributed by atoms with van der Waals surface area (Å²) in [6.07, 6.45) is 2.39. The Morgan fingerprint density at radius 3 is 2.74 bits per heavy atom.